The van der Waals surface area contributed by atoms with Gasteiger partial charge in [0, 0.05) is 11.3 Å². The van der Waals surface area contributed by atoms with Crippen molar-refractivity contribution in [2.45, 2.75) is 84.0 Å². The Morgan fingerprint density at radius 2 is 1.00 bits per heavy atom. The van der Waals surface area contributed by atoms with E-state index in [0.717, 1.165) is 6.42 Å². The fourth-order valence-corrected chi connectivity index (χ4v) is 2.04. The van der Waals surface area contributed by atoms with E-state index >= 15 is 0 Å². The molecule has 1 N–H and O–H groups in total. The number of nitrogens with one attached hydrogen (secondary N) is 1. The predicted octanol–water partition coefficient (Wildman–Crippen LogP) is 3.53. The van der Waals surface area contributed by atoms with Crippen LogP contribution in [-0.2, 0) is 0 Å². The van der Waals surface area contributed by atoms with Crippen LogP contribution < -0.4 is 5.18 Å². The number of rotatable bonds is 13. The lowest BCUT2D eigenvalue weighted by Crippen LogP contribution is -2.64. The highest BCUT2D eigenvalue weighted by molar-refractivity contribution is 4.47. The van der Waals surface area contributed by atoms with Gasteiger partial charge < -0.3 is 0 Å². The monoisotopic (exact) mass is 228 g/mol. The number of unbranched alkanes of at least 4 members (excludes halogenated alkanes) is 11. The highest BCUT2D eigenvalue weighted by atomic mass is 16.3. The van der Waals surface area contributed by atoms with Gasteiger partial charge in [-0.05, 0) is 11.6 Å². The first-order valence-corrected chi connectivity index (χ1v) is 7.26. The summed E-state index contributed by atoms with van der Waals surface area (Å²) >= 11 is 0. The molecule has 0 unspecified atom stereocenters. The Morgan fingerprint density at radius 3 is 1.38 bits per heavy atom. The van der Waals surface area contributed by atoms with Crippen LogP contribution in [0.15, 0.2) is 0 Å². The van der Waals surface area contributed by atoms with Crippen molar-refractivity contribution in [3.8, 4) is 0 Å². The molecule has 0 saturated heterocycles. The van der Waals surface area contributed by atoms with E-state index < -0.39 is 0 Å². The second-order valence-corrected chi connectivity index (χ2v) is 4.78. The van der Waals surface area contributed by atoms with Crippen molar-refractivity contribution in [1.29, 1.82) is 0 Å². The minimum Gasteiger partial charge on any atom is -0.0654 e. The molecular weight excluding hydrogens is 198 g/mol. The molecule has 0 aromatic carbocycles. The van der Waals surface area contributed by atoms with Crippen molar-refractivity contribution < 1.29 is 5.18 Å². The van der Waals surface area contributed by atoms with Gasteiger partial charge >= 0.3 is 0 Å². The van der Waals surface area contributed by atoms with Crippen molar-refractivity contribution in [3.63, 3.8) is 0 Å². The Hall–Kier alpha value is -0.400. The second kappa shape index (κ2) is 14.6. The summed E-state index contributed by atoms with van der Waals surface area (Å²) in [6, 6.07) is 0. The van der Waals surface area contributed by atoms with E-state index in [-0.39, 0.29) is 0 Å². The SMILES string of the molecule is CCCCCCCCCCCCCC[NH+]=O. The van der Waals surface area contributed by atoms with E-state index in [0.29, 0.717) is 6.54 Å². The molecule has 0 fully saturated rings. The van der Waals surface area contributed by atoms with E-state index in [1.165, 1.54) is 70.6 Å². The van der Waals surface area contributed by atoms with Gasteiger partial charge in [-0.25, -0.2) is 0 Å². The quantitative estimate of drug-likeness (QED) is 0.480. The van der Waals surface area contributed by atoms with Crippen LogP contribution in [0.1, 0.15) is 84.0 Å². The molecule has 2 nitrogen and oxygen atoms in total. The van der Waals surface area contributed by atoms with Gasteiger partial charge in [-0.3, -0.25) is 0 Å². The molecule has 0 atom stereocenters. The van der Waals surface area contributed by atoms with Crippen LogP contribution in [0.5, 0.6) is 0 Å². The molecule has 96 valence electrons. The van der Waals surface area contributed by atoms with E-state index in [1.54, 1.807) is 0 Å². The molecule has 0 radical (unpaired) electrons. The molecule has 0 bridgehead atoms. The number of hydrogen-bond acceptors (Lipinski definition) is 1. The zero-order valence-corrected chi connectivity index (χ0v) is 11.1. The van der Waals surface area contributed by atoms with Gasteiger partial charge in [0.1, 0.15) is 0 Å². The van der Waals surface area contributed by atoms with Crippen molar-refractivity contribution >= 4 is 0 Å². The van der Waals surface area contributed by atoms with E-state index in [9.17, 15) is 4.91 Å². The second-order valence-electron chi connectivity index (χ2n) is 4.78. The molecular formula is C14H30NO+. The smallest absolute Gasteiger partial charge is 0.0654 e. The first-order chi connectivity index (χ1) is 7.91. The molecule has 2 heteroatoms. The summed E-state index contributed by atoms with van der Waals surface area (Å²) in [5.41, 5.74) is 0. The fraction of sp³-hybridized carbons (Fsp3) is 1.00. The standard InChI is InChI=1S/C14H29NO/c1-2-3-4-5-6-7-8-9-10-11-12-13-14-15-16/h2-14H2,1H3/p+1. The summed E-state index contributed by atoms with van der Waals surface area (Å²) in [6.45, 7) is 2.90. The topological polar surface area (TPSA) is 31.0 Å². The fourth-order valence-electron chi connectivity index (χ4n) is 2.04. The Kier molecular flexibility index (Phi) is 14.2. The zero-order valence-electron chi connectivity index (χ0n) is 11.1. The Labute approximate surface area is 101 Å². The molecule has 0 heterocycles. The van der Waals surface area contributed by atoms with Crippen molar-refractivity contribution in [2.24, 2.45) is 0 Å². The highest BCUT2D eigenvalue weighted by Crippen LogP contribution is 2.11. The van der Waals surface area contributed by atoms with Gasteiger partial charge in [0.25, 0.3) is 0 Å². The Bertz CT molecular complexity index is 137. The molecule has 0 spiro atoms. The summed E-state index contributed by atoms with van der Waals surface area (Å²) in [5, 5.41) is 1.95. The first-order valence-electron chi connectivity index (χ1n) is 7.26. The minimum atomic E-state index is 0.636. The zero-order chi connectivity index (χ0) is 11.9. The number of hydrogen-bond donors (Lipinski definition) is 1. The van der Waals surface area contributed by atoms with Gasteiger partial charge in [0.15, 0.2) is 6.54 Å². The van der Waals surface area contributed by atoms with Gasteiger partial charge in [-0.2, -0.15) is 0 Å². The maximum Gasteiger partial charge on any atom is 0.189 e. The number of nitroso groups, excluding NO2 is 1. The van der Waals surface area contributed by atoms with Crippen molar-refractivity contribution in [1.82, 2.24) is 0 Å². The lowest BCUT2D eigenvalue weighted by atomic mass is 10.1. The van der Waals surface area contributed by atoms with Crippen LogP contribution in [0.25, 0.3) is 0 Å². The molecule has 0 amide bonds. The molecule has 0 aromatic heterocycles. The summed E-state index contributed by atoms with van der Waals surface area (Å²) in [5.74, 6) is 0. The average molecular weight is 228 g/mol. The lowest BCUT2D eigenvalue weighted by Gasteiger charge is -2.01. The Balaban J connectivity index is 2.85. The molecule has 0 aromatic rings. The predicted molar refractivity (Wildman–Crippen MR) is 70.3 cm³/mol. The maximum atomic E-state index is 9.96. The van der Waals surface area contributed by atoms with Gasteiger partial charge in [-0.15, -0.1) is 0 Å². The van der Waals surface area contributed by atoms with E-state index in [4.69, 9.17) is 0 Å². The highest BCUT2D eigenvalue weighted by Gasteiger charge is 1.94. The summed E-state index contributed by atoms with van der Waals surface area (Å²) in [6.07, 6.45) is 16.2. The largest absolute Gasteiger partial charge is 0.189 e. The molecule has 16 heavy (non-hydrogen) atoms. The Morgan fingerprint density at radius 1 is 0.625 bits per heavy atom. The summed E-state index contributed by atoms with van der Waals surface area (Å²) in [7, 11) is 0. The average Bonchev–Trinajstić information content (AvgIpc) is 2.31. The van der Waals surface area contributed by atoms with Crippen LogP contribution >= 0.6 is 0 Å². The third-order valence-electron chi connectivity index (χ3n) is 3.13. The van der Waals surface area contributed by atoms with Crippen LogP contribution in [0.3, 0.4) is 0 Å². The van der Waals surface area contributed by atoms with Crippen molar-refractivity contribution in [2.75, 3.05) is 6.54 Å². The van der Waals surface area contributed by atoms with Crippen molar-refractivity contribution in [3.05, 3.63) is 4.91 Å². The van der Waals surface area contributed by atoms with E-state index in [1.807, 2.05) is 5.18 Å². The third-order valence-corrected chi connectivity index (χ3v) is 3.13. The molecule has 0 aliphatic heterocycles. The first kappa shape index (κ1) is 15.6. The molecule has 0 saturated carbocycles. The van der Waals surface area contributed by atoms with Gasteiger partial charge in [-0.1, -0.05) is 71.1 Å². The minimum absolute atomic E-state index is 0.636. The van der Waals surface area contributed by atoms with Crippen LogP contribution in [0.2, 0.25) is 0 Å². The molecule has 0 rings (SSSR count). The molecule has 0 aliphatic rings. The van der Waals surface area contributed by atoms with Crippen LogP contribution in [-0.4, -0.2) is 6.54 Å². The van der Waals surface area contributed by atoms with E-state index in [2.05, 4.69) is 6.92 Å². The van der Waals surface area contributed by atoms with Crippen LogP contribution in [0.4, 0.5) is 0 Å². The maximum absolute atomic E-state index is 9.96. The lowest BCUT2D eigenvalue weighted by molar-refractivity contribution is -0.481. The third kappa shape index (κ3) is 13.6. The van der Waals surface area contributed by atoms with Gasteiger partial charge in [0.05, 0.1) is 0 Å². The van der Waals surface area contributed by atoms with Gasteiger partial charge in [0.2, 0.25) is 0 Å². The summed E-state index contributed by atoms with van der Waals surface area (Å²) in [4.78, 5) is 9.96. The molecule has 0 aliphatic carbocycles. The summed E-state index contributed by atoms with van der Waals surface area (Å²) < 4.78 is 0. The van der Waals surface area contributed by atoms with Crippen LogP contribution in [0, 0.1) is 4.91 Å². The normalized spacial score (nSPS) is 10.6.